The van der Waals surface area contributed by atoms with Crippen molar-refractivity contribution in [3.8, 4) is 0 Å². The number of halogens is 1. The molecule has 3 N–H and O–H groups in total. The van der Waals surface area contributed by atoms with Crippen molar-refractivity contribution in [3.63, 3.8) is 0 Å². The van der Waals surface area contributed by atoms with Gasteiger partial charge in [0.05, 0.1) is 18.4 Å². The molecule has 0 aliphatic rings. The lowest BCUT2D eigenvalue weighted by atomic mass is 9.97. The van der Waals surface area contributed by atoms with Crippen LogP contribution in [0.15, 0.2) is 66.7 Å². The van der Waals surface area contributed by atoms with Gasteiger partial charge in [0.15, 0.2) is 0 Å². The first-order chi connectivity index (χ1) is 12.5. The number of rotatable bonds is 9. The minimum absolute atomic E-state index is 0.211. The zero-order valence-electron chi connectivity index (χ0n) is 14.6. The fourth-order valence-corrected chi connectivity index (χ4v) is 2.61. The van der Waals surface area contributed by atoms with Crippen molar-refractivity contribution < 1.29 is 14.6 Å². The first-order valence-corrected chi connectivity index (χ1v) is 8.73. The van der Waals surface area contributed by atoms with Crippen LogP contribution in [-0.4, -0.2) is 23.7 Å². The van der Waals surface area contributed by atoms with E-state index in [1.54, 1.807) is 25.1 Å². The van der Waals surface area contributed by atoms with E-state index in [1.165, 1.54) is 0 Å². The van der Waals surface area contributed by atoms with E-state index in [-0.39, 0.29) is 13.0 Å². The summed E-state index contributed by atoms with van der Waals surface area (Å²) in [6.45, 7) is 5.94. The first kappa shape index (κ1) is 20.0. The Kier molecular flexibility index (Phi) is 7.66. The monoisotopic (exact) mass is 374 g/mol. The summed E-state index contributed by atoms with van der Waals surface area (Å²) in [5, 5.41) is 11.0. The molecule has 0 radical (unpaired) electrons. The van der Waals surface area contributed by atoms with Gasteiger partial charge in [-0.2, -0.15) is 0 Å². The molecule has 0 saturated heterocycles. The molecule has 0 aliphatic heterocycles. The van der Waals surface area contributed by atoms with Crippen molar-refractivity contribution in [1.29, 1.82) is 0 Å². The molecule has 2 aromatic carbocycles. The lowest BCUT2D eigenvalue weighted by Gasteiger charge is -2.22. The van der Waals surface area contributed by atoms with Crippen LogP contribution < -0.4 is 10.9 Å². The molecule has 6 heteroatoms. The second-order valence-electron chi connectivity index (χ2n) is 5.76. The standard InChI is InChI=1S/C20H23ClN2O3/c1-3-26-20(25)18(23-22-17-11-7-10-16(21)13-17)12-14(2)19(24)15-8-5-4-6-9-15/h4-11,13,18-19,22-24H,2-3,12H2,1H3. The summed E-state index contributed by atoms with van der Waals surface area (Å²) in [5.74, 6) is -0.427. The van der Waals surface area contributed by atoms with Gasteiger partial charge in [-0.25, -0.2) is 5.43 Å². The first-order valence-electron chi connectivity index (χ1n) is 8.35. The van der Waals surface area contributed by atoms with Gasteiger partial charge >= 0.3 is 5.97 Å². The Morgan fingerprint density at radius 1 is 1.23 bits per heavy atom. The van der Waals surface area contributed by atoms with Crippen molar-refractivity contribution in [2.24, 2.45) is 0 Å². The normalized spacial score (nSPS) is 12.9. The molecule has 0 heterocycles. The number of ether oxygens (including phenoxy) is 1. The Labute approximate surface area is 158 Å². The van der Waals surface area contributed by atoms with Gasteiger partial charge in [0.25, 0.3) is 0 Å². The average Bonchev–Trinajstić information content (AvgIpc) is 2.65. The van der Waals surface area contributed by atoms with Crippen LogP contribution in [0, 0.1) is 0 Å². The van der Waals surface area contributed by atoms with E-state index in [9.17, 15) is 9.90 Å². The van der Waals surface area contributed by atoms with Crippen molar-refractivity contribution in [2.75, 3.05) is 12.0 Å². The number of anilines is 1. The molecular formula is C20H23ClN2O3. The van der Waals surface area contributed by atoms with Gasteiger partial charge in [0, 0.05) is 5.02 Å². The summed E-state index contributed by atoms with van der Waals surface area (Å²) < 4.78 is 5.11. The Morgan fingerprint density at radius 3 is 2.62 bits per heavy atom. The Morgan fingerprint density at radius 2 is 1.96 bits per heavy atom. The molecule has 0 bridgehead atoms. The third-order valence-corrected chi connectivity index (χ3v) is 3.99. The predicted octanol–water partition coefficient (Wildman–Crippen LogP) is 3.87. The second kappa shape index (κ2) is 9.97. The number of esters is 1. The summed E-state index contributed by atoms with van der Waals surface area (Å²) in [4.78, 5) is 12.3. The lowest BCUT2D eigenvalue weighted by Crippen LogP contribution is -2.42. The van der Waals surface area contributed by atoms with Crippen LogP contribution in [0.1, 0.15) is 25.0 Å². The van der Waals surface area contributed by atoms with E-state index in [0.29, 0.717) is 16.3 Å². The number of hydrogen-bond donors (Lipinski definition) is 3. The minimum Gasteiger partial charge on any atom is -0.465 e. The quantitative estimate of drug-likeness (QED) is 0.353. The highest BCUT2D eigenvalue weighted by Crippen LogP contribution is 2.24. The highest BCUT2D eigenvalue weighted by molar-refractivity contribution is 6.30. The summed E-state index contributed by atoms with van der Waals surface area (Å²) >= 11 is 5.96. The predicted molar refractivity (Wildman–Crippen MR) is 104 cm³/mol. The highest BCUT2D eigenvalue weighted by Gasteiger charge is 2.23. The van der Waals surface area contributed by atoms with E-state index < -0.39 is 18.1 Å². The number of benzene rings is 2. The molecule has 5 nitrogen and oxygen atoms in total. The van der Waals surface area contributed by atoms with Crippen LogP contribution in [0.4, 0.5) is 5.69 Å². The van der Waals surface area contributed by atoms with Gasteiger partial charge in [0.1, 0.15) is 6.04 Å². The number of aliphatic hydroxyl groups is 1. The van der Waals surface area contributed by atoms with Gasteiger partial charge in [0.2, 0.25) is 0 Å². The van der Waals surface area contributed by atoms with Gasteiger partial charge in [-0.05, 0) is 42.7 Å². The van der Waals surface area contributed by atoms with Crippen molar-refractivity contribution in [2.45, 2.75) is 25.5 Å². The molecule has 2 atom stereocenters. The van der Waals surface area contributed by atoms with Crippen LogP contribution in [0.5, 0.6) is 0 Å². The summed E-state index contributed by atoms with van der Waals surface area (Å²) in [6, 6.07) is 15.6. The van der Waals surface area contributed by atoms with Gasteiger partial charge in [-0.3, -0.25) is 4.79 Å². The number of carbonyl (C=O) groups is 1. The van der Waals surface area contributed by atoms with Gasteiger partial charge < -0.3 is 15.3 Å². The fourth-order valence-electron chi connectivity index (χ4n) is 2.42. The van der Waals surface area contributed by atoms with E-state index >= 15 is 0 Å². The summed E-state index contributed by atoms with van der Waals surface area (Å²) in [5.41, 5.74) is 7.82. The Bertz CT molecular complexity index is 737. The van der Waals surface area contributed by atoms with Crippen LogP contribution in [0.2, 0.25) is 5.02 Å². The third kappa shape index (κ3) is 5.88. The molecule has 0 aliphatic carbocycles. The topological polar surface area (TPSA) is 70.6 Å². The maximum absolute atomic E-state index is 12.3. The van der Waals surface area contributed by atoms with Crippen molar-refractivity contribution >= 4 is 23.3 Å². The summed E-state index contributed by atoms with van der Waals surface area (Å²) in [6.07, 6.45) is -0.649. The number of hydrogen-bond acceptors (Lipinski definition) is 5. The minimum atomic E-state index is -0.860. The SMILES string of the molecule is C=C(CC(NNc1cccc(Cl)c1)C(=O)OCC)C(O)c1ccccc1. The van der Waals surface area contributed by atoms with Crippen LogP contribution in [-0.2, 0) is 9.53 Å². The maximum Gasteiger partial charge on any atom is 0.325 e. The number of carbonyl (C=O) groups excluding carboxylic acids is 1. The number of aliphatic hydroxyl groups excluding tert-OH is 1. The summed E-state index contributed by atoms with van der Waals surface area (Å²) in [7, 11) is 0. The van der Waals surface area contributed by atoms with Crippen LogP contribution in [0.25, 0.3) is 0 Å². The molecule has 2 rings (SSSR count). The highest BCUT2D eigenvalue weighted by atomic mass is 35.5. The maximum atomic E-state index is 12.3. The number of nitrogens with one attached hydrogen (secondary N) is 2. The average molecular weight is 375 g/mol. The molecule has 0 spiro atoms. The Balaban J connectivity index is 2.04. The molecule has 0 amide bonds. The molecule has 0 fully saturated rings. The van der Waals surface area contributed by atoms with Gasteiger partial charge in [-0.15, -0.1) is 0 Å². The molecule has 138 valence electrons. The molecule has 0 aromatic heterocycles. The van der Waals surface area contributed by atoms with Gasteiger partial charge in [-0.1, -0.05) is 54.6 Å². The Hall–Kier alpha value is -2.34. The smallest absolute Gasteiger partial charge is 0.325 e. The largest absolute Gasteiger partial charge is 0.465 e. The molecule has 2 unspecified atom stereocenters. The fraction of sp³-hybridized carbons (Fsp3) is 0.250. The molecule has 2 aromatic rings. The molecular weight excluding hydrogens is 352 g/mol. The van der Waals surface area contributed by atoms with E-state index in [0.717, 1.165) is 5.56 Å². The van der Waals surface area contributed by atoms with Crippen molar-refractivity contribution in [3.05, 3.63) is 77.3 Å². The van der Waals surface area contributed by atoms with Crippen LogP contribution >= 0.6 is 11.6 Å². The zero-order chi connectivity index (χ0) is 18.9. The lowest BCUT2D eigenvalue weighted by molar-refractivity contribution is -0.145. The van der Waals surface area contributed by atoms with Crippen molar-refractivity contribution in [1.82, 2.24) is 5.43 Å². The molecule has 0 saturated carbocycles. The third-order valence-electron chi connectivity index (χ3n) is 3.75. The van der Waals surface area contributed by atoms with E-state index in [1.807, 2.05) is 36.4 Å². The van der Waals surface area contributed by atoms with E-state index in [2.05, 4.69) is 17.4 Å². The molecule has 26 heavy (non-hydrogen) atoms. The van der Waals surface area contributed by atoms with E-state index in [4.69, 9.17) is 16.3 Å². The van der Waals surface area contributed by atoms with Crippen LogP contribution in [0.3, 0.4) is 0 Å². The second-order valence-corrected chi connectivity index (χ2v) is 6.20. The zero-order valence-corrected chi connectivity index (χ0v) is 15.4. The number of hydrazine groups is 1.